The lowest BCUT2D eigenvalue weighted by atomic mass is 10.0. The van der Waals surface area contributed by atoms with Gasteiger partial charge in [-0.15, -0.1) is 0 Å². The second-order valence-corrected chi connectivity index (χ2v) is 5.04. The van der Waals surface area contributed by atoms with E-state index in [4.69, 9.17) is 4.74 Å². The molecule has 0 unspecified atom stereocenters. The molecule has 2 rings (SSSR count). The minimum Gasteiger partial charge on any atom is -0.373 e. The normalized spacial score (nSPS) is 22.9. The maximum atomic E-state index is 5.73. The summed E-state index contributed by atoms with van der Waals surface area (Å²) >= 11 is 0. The van der Waals surface area contributed by atoms with E-state index in [0.717, 1.165) is 19.7 Å². The Kier molecular flexibility index (Phi) is 3.26. The molecule has 0 amide bonds. The molecule has 0 bridgehead atoms. The first-order valence-corrected chi connectivity index (χ1v) is 5.86. The van der Waals surface area contributed by atoms with Gasteiger partial charge in [-0.3, -0.25) is 9.88 Å². The first-order valence-electron chi connectivity index (χ1n) is 5.86. The predicted octanol–water partition coefficient (Wildman–Crippen LogP) is 2.25. The Morgan fingerprint density at radius 2 is 2.06 bits per heavy atom. The Hall–Kier alpha value is -0.930. The molecule has 0 aliphatic carbocycles. The van der Waals surface area contributed by atoms with Gasteiger partial charge >= 0.3 is 0 Å². The van der Waals surface area contributed by atoms with Crippen molar-refractivity contribution in [2.75, 3.05) is 19.7 Å². The van der Waals surface area contributed by atoms with Crippen LogP contribution in [-0.2, 0) is 4.74 Å². The number of ether oxygens (including phenoxy) is 1. The summed E-state index contributed by atoms with van der Waals surface area (Å²) in [5.41, 5.74) is 1.30. The van der Waals surface area contributed by atoms with Crippen LogP contribution in [0.1, 0.15) is 32.4 Å². The van der Waals surface area contributed by atoms with Crippen molar-refractivity contribution in [3.8, 4) is 0 Å². The zero-order valence-electron chi connectivity index (χ0n) is 10.3. The van der Waals surface area contributed by atoms with Crippen LogP contribution < -0.4 is 0 Å². The molecule has 1 aliphatic rings. The van der Waals surface area contributed by atoms with Crippen molar-refractivity contribution in [2.24, 2.45) is 0 Å². The number of aromatic nitrogens is 1. The van der Waals surface area contributed by atoms with Crippen molar-refractivity contribution >= 4 is 0 Å². The molecule has 0 aromatic carbocycles. The van der Waals surface area contributed by atoms with Crippen LogP contribution in [0.4, 0.5) is 0 Å². The van der Waals surface area contributed by atoms with Crippen LogP contribution >= 0.6 is 0 Å². The third-order valence-corrected chi connectivity index (χ3v) is 3.19. The lowest BCUT2D eigenvalue weighted by molar-refractivity contribution is -0.0958. The Morgan fingerprint density at radius 3 is 2.69 bits per heavy atom. The van der Waals surface area contributed by atoms with Crippen LogP contribution in [0, 0.1) is 0 Å². The number of nitrogens with zero attached hydrogens (tertiary/aromatic N) is 2. The standard InChI is InChI=1S/C13H20N2O/c1-11(12-4-6-14-7-5-12)15-8-9-16-13(2,3)10-15/h4-7,11H,8-10H2,1-3H3/t11-/m0/s1. The van der Waals surface area contributed by atoms with E-state index in [1.165, 1.54) is 5.56 Å². The maximum absolute atomic E-state index is 5.73. The highest BCUT2D eigenvalue weighted by Crippen LogP contribution is 2.25. The molecule has 0 saturated carbocycles. The molecular weight excluding hydrogens is 200 g/mol. The average molecular weight is 220 g/mol. The van der Waals surface area contributed by atoms with Crippen LogP contribution in [0.5, 0.6) is 0 Å². The third kappa shape index (κ3) is 2.60. The van der Waals surface area contributed by atoms with Crippen molar-refractivity contribution in [1.29, 1.82) is 0 Å². The van der Waals surface area contributed by atoms with Gasteiger partial charge < -0.3 is 4.74 Å². The summed E-state index contributed by atoms with van der Waals surface area (Å²) in [7, 11) is 0. The molecule has 1 atom stereocenters. The van der Waals surface area contributed by atoms with E-state index in [-0.39, 0.29) is 5.60 Å². The van der Waals surface area contributed by atoms with Gasteiger partial charge in [0.1, 0.15) is 0 Å². The Morgan fingerprint density at radius 1 is 1.38 bits per heavy atom. The van der Waals surface area contributed by atoms with Gasteiger partial charge in [0.05, 0.1) is 12.2 Å². The Labute approximate surface area is 97.4 Å². The topological polar surface area (TPSA) is 25.4 Å². The molecular formula is C13H20N2O. The van der Waals surface area contributed by atoms with Crippen molar-refractivity contribution in [2.45, 2.75) is 32.4 Å². The molecule has 3 nitrogen and oxygen atoms in total. The van der Waals surface area contributed by atoms with E-state index in [0.29, 0.717) is 6.04 Å². The van der Waals surface area contributed by atoms with Crippen molar-refractivity contribution in [3.05, 3.63) is 30.1 Å². The van der Waals surface area contributed by atoms with Crippen LogP contribution in [0.25, 0.3) is 0 Å². The third-order valence-electron chi connectivity index (χ3n) is 3.19. The zero-order chi connectivity index (χ0) is 11.6. The van der Waals surface area contributed by atoms with Crippen LogP contribution in [0.15, 0.2) is 24.5 Å². The van der Waals surface area contributed by atoms with Gasteiger partial charge in [0.25, 0.3) is 0 Å². The van der Waals surface area contributed by atoms with E-state index in [1.807, 2.05) is 12.4 Å². The fraction of sp³-hybridized carbons (Fsp3) is 0.615. The fourth-order valence-corrected chi connectivity index (χ4v) is 2.24. The molecule has 1 aliphatic heterocycles. The number of pyridine rings is 1. The molecule has 16 heavy (non-hydrogen) atoms. The molecule has 88 valence electrons. The first kappa shape index (κ1) is 11.6. The monoisotopic (exact) mass is 220 g/mol. The summed E-state index contributed by atoms with van der Waals surface area (Å²) in [5, 5.41) is 0. The molecule has 0 radical (unpaired) electrons. The lowest BCUT2D eigenvalue weighted by Crippen LogP contribution is -2.48. The molecule has 1 aromatic heterocycles. The van der Waals surface area contributed by atoms with Gasteiger partial charge in [0, 0.05) is 31.5 Å². The average Bonchev–Trinajstić information content (AvgIpc) is 2.28. The quantitative estimate of drug-likeness (QED) is 0.764. The van der Waals surface area contributed by atoms with Gasteiger partial charge in [-0.1, -0.05) is 0 Å². The summed E-state index contributed by atoms with van der Waals surface area (Å²) in [4.78, 5) is 6.53. The summed E-state index contributed by atoms with van der Waals surface area (Å²) in [6.45, 7) is 9.36. The van der Waals surface area contributed by atoms with E-state index < -0.39 is 0 Å². The first-order chi connectivity index (χ1) is 7.58. The largest absolute Gasteiger partial charge is 0.373 e. The number of hydrogen-bond donors (Lipinski definition) is 0. The van der Waals surface area contributed by atoms with E-state index in [9.17, 15) is 0 Å². The second-order valence-electron chi connectivity index (χ2n) is 5.04. The minimum atomic E-state index is -0.0282. The van der Waals surface area contributed by atoms with Crippen molar-refractivity contribution < 1.29 is 4.74 Å². The highest BCUT2D eigenvalue weighted by molar-refractivity contribution is 5.14. The maximum Gasteiger partial charge on any atom is 0.0753 e. The predicted molar refractivity (Wildman–Crippen MR) is 64.3 cm³/mol. The number of hydrogen-bond acceptors (Lipinski definition) is 3. The Balaban J connectivity index is 2.08. The second kappa shape index (κ2) is 4.52. The van der Waals surface area contributed by atoms with E-state index >= 15 is 0 Å². The summed E-state index contributed by atoms with van der Waals surface area (Å²) < 4.78 is 5.73. The number of morpholine rings is 1. The summed E-state index contributed by atoms with van der Waals surface area (Å²) in [6.07, 6.45) is 3.72. The van der Waals surface area contributed by atoms with Gasteiger partial charge in [-0.05, 0) is 38.5 Å². The van der Waals surface area contributed by atoms with Crippen molar-refractivity contribution in [1.82, 2.24) is 9.88 Å². The molecule has 1 aromatic rings. The van der Waals surface area contributed by atoms with Crippen molar-refractivity contribution in [3.63, 3.8) is 0 Å². The molecule has 3 heteroatoms. The van der Waals surface area contributed by atoms with Crippen LogP contribution in [0.3, 0.4) is 0 Å². The highest BCUT2D eigenvalue weighted by atomic mass is 16.5. The van der Waals surface area contributed by atoms with Crippen LogP contribution in [0.2, 0.25) is 0 Å². The summed E-state index contributed by atoms with van der Waals surface area (Å²) in [5.74, 6) is 0. The molecule has 0 N–H and O–H groups in total. The van der Waals surface area contributed by atoms with Crippen LogP contribution in [-0.4, -0.2) is 35.2 Å². The van der Waals surface area contributed by atoms with Gasteiger partial charge in [-0.25, -0.2) is 0 Å². The van der Waals surface area contributed by atoms with Gasteiger partial charge in [0.2, 0.25) is 0 Å². The lowest BCUT2D eigenvalue weighted by Gasteiger charge is -2.41. The molecule has 0 spiro atoms. The molecule has 2 heterocycles. The molecule has 1 saturated heterocycles. The fourth-order valence-electron chi connectivity index (χ4n) is 2.24. The highest BCUT2D eigenvalue weighted by Gasteiger charge is 2.29. The Bertz CT molecular complexity index is 337. The smallest absolute Gasteiger partial charge is 0.0753 e. The van der Waals surface area contributed by atoms with Gasteiger partial charge in [0.15, 0.2) is 0 Å². The molecule has 1 fully saturated rings. The number of rotatable bonds is 2. The summed E-state index contributed by atoms with van der Waals surface area (Å²) in [6, 6.07) is 4.62. The van der Waals surface area contributed by atoms with Gasteiger partial charge in [-0.2, -0.15) is 0 Å². The zero-order valence-corrected chi connectivity index (χ0v) is 10.3. The van der Waals surface area contributed by atoms with E-state index in [1.54, 1.807) is 0 Å². The van der Waals surface area contributed by atoms with E-state index in [2.05, 4.69) is 42.8 Å². The minimum absolute atomic E-state index is 0.0282. The SMILES string of the molecule is C[C@@H](c1ccncc1)N1CCOC(C)(C)C1.